The smallest absolute Gasteiger partial charge is 0.327 e. The van der Waals surface area contributed by atoms with Crippen LogP contribution < -0.4 is 5.32 Å². The Bertz CT molecular complexity index is 441. The second-order valence-corrected chi connectivity index (χ2v) is 5.98. The summed E-state index contributed by atoms with van der Waals surface area (Å²) in [5.74, 6) is 0.643. The number of aliphatic carboxylic acids is 1. The molecule has 106 valence electrons. The minimum atomic E-state index is -1.07. The van der Waals surface area contributed by atoms with Gasteiger partial charge in [0.1, 0.15) is 6.04 Å². The van der Waals surface area contributed by atoms with E-state index in [4.69, 9.17) is 9.63 Å². The highest BCUT2D eigenvalue weighted by Gasteiger charge is 2.21. The Labute approximate surface area is 115 Å². The van der Waals surface area contributed by atoms with Gasteiger partial charge in [-0.05, 0) is 0 Å². The first-order valence-corrected chi connectivity index (χ1v) is 6.83. The molecule has 0 spiro atoms. The molecule has 1 amide bonds. The molecule has 0 radical (unpaired) electrons. The third-order valence-corrected chi connectivity index (χ3v) is 3.24. The number of nitrogens with one attached hydrogen (secondary N) is 1. The van der Waals surface area contributed by atoms with E-state index in [0.717, 1.165) is 0 Å². The van der Waals surface area contributed by atoms with Gasteiger partial charge in [-0.25, -0.2) is 4.79 Å². The Kier molecular flexibility index (Phi) is 5.34. The molecule has 2 N–H and O–H groups in total. The van der Waals surface area contributed by atoms with Gasteiger partial charge >= 0.3 is 5.97 Å². The van der Waals surface area contributed by atoms with E-state index in [-0.39, 0.29) is 11.2 Å². The molecule has 1 heterocycles. The normalized spacial score (nSPS) is 13.0. The molecule has 0 saturated carbocycles. The number of amides is 1. The summed E-state index contributed by atoms with van der Waals surface area (Å²) in [6.07, 6.45) is 0.379. The van der Waals surface area contributed by atoms with Crippen LogP contribution in [0.15, 0.2) is 4.52 Å². The average molecular weight is 287 g/mol. The van der Waals surface area contributed by atoms with Gasteiger partial charge in [-0.1, -0.05) is 25.9 Å². The summed E-state index contributed by atoms with van der Waals surface area (Å²) in [6, 6.07) is -0.910. The number of rotatable bonds is 7. The maximum Gasteiger partial charge on any atom is 0.327 e. The first kappa shape index (κ1) is 15.5. The van der Waals surface area contributed by atoms with Gasteiger partial charge in [0.25, 0.3) is 0 Å². The number of hydrogen-bond acceptors (Lipinski definition) is 6. The molecule has 0 bridgehead atoms. The van der Waals surface area contributed by atoms with Crippen LogP contribution in [-0.2, 0) is 20.8 Å². The van der Waals surface area contributed by atoms with Crippen molar-refractivity contribution >= 4 is 24.1 Å². The molecule has 0 saturated heterocycles. The molecule has 1 rings (SSSR count). The lowest BCUT2D eigenvalue weighted by Crippen LogP contribution is -2.37. The van der Waals surface area contributed by atoms with Gasteiger partial charge in [-0.15, -0.1) is 11.8 Å². The summed E-state index contributed by atoms with van der Waals surface area (Å²) in [5, 5.41) is 14.9. The summed E-state index contributed by atoms with van der Waals surface area (Å²) in [5.41, 5.74) is -0.185. The molecule has 0 aliphatic carbocycles. The number of carboxylic acid groups (broad SMARTS) is 1. The van der Waals surface area contributed by atoms with Crippen LogP contribution in [0, 0.1) is 0 Å². The summed E-state index contributed by atoms with van der Waals surface area (Å²) >= 11 is 1.31. The third-order valence-electron chi connectivity index (χ3n) is 2.22. The van der Waals surface area contributed by atoms with E-state index in [1.807, 2.05) is 20.8 Å². The van der Waals surface area contributed by atoms with E-state index in [9.17, 15) is 9.59 Å². The van der Waals surface area contributed by atoms with Crippen LogP contribution in [0.3, 0.4) is 0 Å². The van der Waals surface area contributed by atoms with Crippen molar-refractivity contribution < 1.29 is 19.2 Å². The Morgan fingerprint density at radius 3 is 2.74 bits per heavy atom. The van der Waals surface area contributed by atoms with Crippen molar-refractivity contribution in [2.24, 2.45) is 0 Å². The van der Waals surface area contributed by atoms with Crippen molar-refractivity contribution in [1.29, 1.82) is 0 Å². The fourth-order valence-corrected chi connectivity index (χ4v) is 2.04. The maximum atomic E-state index is 10.8. The zero-order valence-electron chi connectivity index (χ0n) is 11.0. The van der Waals surface area contributed by atoms with Gasteiger partial charge in [0.2, 0.25) is 12.3 Å². The van der Waals surface area contributed by atoms with Crippen LogP contribution in [0.1, 0.15) is 32.5 Å². The van der Waals surface area contributed by atoms with Crippen molar-refractivity contribution in [3.63, 3.8) is 0 Å². The average Bonchev–Trinajstić information content (AvgIpc) is 2.76. The molecular formula is C11H17N3O4S. The lowest BCUT2D eigenvalue weighted by Gasteiger charge is -2.11. The molecule has 7 nitrogen and oxygen atoms in total. The van der Waals surface area contributed by atoms with Crippen LogP contribution in [-0.4, -0.2) is 39.4 Å². The number of aromatic nitrogens is 2. The zero-order valence-corrected chi connectivity index (χ0v) is 11.9. The largest absolute Gasteiger partial charge is 0.480 e. The first-order chi connectivity index (χ1) is 8.84. The number of carboxylic acids is 1. The van der Waals surface area contributed by atoms with Gasteiger partial charge in [-0.2, -0.15) is 4.98 Å². The van der Waals surface area contributed by atoms with Crippen molar-refractivity contribution in [3.05, 3.63) is 11.7 Å². The molecule has 0 aliphatic rings. The molecular weight excluding hydrogens is 270 g/mol. The lowest BCUT2D eigenvalue weighted by atomic mass is 9.96. The monoisotopic (exact) mass is 287 g/mol. The number of carbonyl (C=O) groups excluding carboxylic acids is 1. The fraction of sp³-hybridized carbons (Fsp3) is 0.636. The SMILES string of the molecule is CC(C)(C)c1noc(CSCC(NC=O)C(=O)O)n1. The highest BCUT2D eigenvalue weighted by atomic mass is 32.2. The second-order valence-electron chi connectivity index (χ2n) is 4.95. The van der Waals surface area contributed by atoms with E-state index in [1.165, 1.54) is 11.8 Å². The van der Waals surface area contributed by atoms with Gasteiger partial charge in [0.15, 0.2) is 5.82 Å². The molecule has 1 aromatic heterocycles. The topological polar surface area (TPSA) is 105 Å². The van der Waals surface area contributed by atoms with E-state index in [0.29, 0.717) is 23.9 Å². The van der Waals surface area contributed by atoms with Gasteiger partial charge < -0.3 is 14.9 Å². The summed E-state index contributed by atoms with van der Waals surface area (Å²) in [7, 11) is 0. The Morgan fingerprint density at radius 2 is 2.26 bits per heavy atom. The fourth-order valence-electron chi connectivity index (χ4n) is 1.16. The maximum absolute atomic E-state index is 10.8. The van der Waals surface area contributed by atoms with Gasteiger partial charge in [-0.3, -0.25) is 4.79 Å². The molecule has 8 heteroatoms. The van der Waals surface area contributed by atoms with Crippen LogP contribution in [0.2, 0.25) is 0 Å². The van der Waals surface area contributed by atoms with E-state index >= 15 is 0 Å². The summed E-state index contributed by atoms with van der Waals surface area (Å²) in [4.78, 5) is 25.3. The Hall–Kier alpha value is -1.57. The van der Waals surface area contributed by atoms with Crippen LogP contribution >= 0.6 is 11.8 Å². The van der Waals surface area contributed by atoms with Crippen LogP contribution in [0.25, 0.3) is 0 Å². The van der Waals surface area contributed by atoms with Crippen molar-refractivity contribution in [1.82, 2.24) is 15.5 Å². The predicted molar refractivity (Wildman–Crippen MR) is 69.8 cm³/mol. The van der Waals surface area contributed by atoms with E-state index < -0.39 is 12.0 Å². The highest BCUT2D eigenvalue weighted by Crippen LogP contribution is 2.20. The quantitative estimate of drug-likeness (QED) is 0.714. The zero-order chi connectivity index (χ0) is 14.5. The third kappa shape index (κ3) is 4.90. The number of hydrogen-bond donors (Lipinski definition) is 2. The molecule has 19 heavy (non-hydrogen) atoms. The van der Waals surface area contributed by atoms with Crippen molar-refractivity contribution in [2.45, 2.75) is 38.0 Å². The molecule has 0 fully saturated rings. The number of nitrogens with zero attached hydrogens (tertiary/aromatic N) is 2. The van der Waals surface area contributed by atoms with Crippen LogP contribution in [0.4, 0.5) is 0 Å². The molecule has 0 aromatic carbocycles. The second kappa shape index (κ2) is 6.55. The molecule has 0 aliphatic heterocycles. The lowest BCUT2D eigenvalue weighted by molar-refractivity contribution is -0.139. The van der Waals surface area contributed by atoms with Gasteiger partial charge in [0, 0.05) is 11.2 Å². The van der Waals surface area contributed by atoms with Gasteiger partial charge in [0.05, 0.1) is 5.75 Å². The number of thioether (sulfide) groups is 1. The minimum absolute atomic E-state index is 0.185. The number of carbonyl (C=O) groups is 2. The standard InChI is InChI=1S/C11H17N3O4S/c1-11(2,3)10-13-8(18-14-10)5-19-4-7(9(16)17)12-6-15/h6-7H,4-5H2,1-3H3,(H,12,15)(H,16,17). The van der Waals surface area contributed by atoms with Crippen molar-refractivity contribution in [3.8, 4) is 0 Å². The summed E-state index contributed by atoms with van der Waals surface area (Å²) in [6.45, 7) is 5.93. The first-order valence-electron chi connectivity index (χ1n) is 5.68. The molecule has 1 unspecified atom stereocenters. The van der Waals surface area contributed by atoms with Crippen molar-refractivity contribution in [2.75, 3.05) is 5.75 Å². The molecule has 1 atom stereocenters. The highest BCUT2D eigenvalue weighted by molar-refractivity contribution is 7.98. The Morgan fingerprint density at radius 1 is 1.58 bits per heavy atom. The van der Waals surface area contributed by atoms with E-state index in [1.54, 1.807) is 0 Å². The Balaban J connectivity index is 2.46. The van der Waals surface area contributed by atoms with E-state index in [2.05, 4.69) is 15.5 Å². The minimum Gasteiger partial charge on any atom is -0.480 e. The van der Waals surface area contributed by atoms with Crippen LogP contribution in [0.5, 0.6) is 0 Å². The molecule has 1 aromatic rings. The summed E-state index contributed by atoms with van der Waals surface area (Å²) < 4.78 is 5.07. The predicted octanol–water partition coefficient (Wildman–Crippen LogP) is 0.799.